The highest BCUT2D eigenvalue weighted by molar-refractivity contribution is 9.10. The van der Waals surface area contributed by atoms with Crippen LogP contribution in [0, 0.1) is 13.8 Å². The van der Waals surface area contributed by atoms with Gasteiger partial charge in [-0.15, -0.1) is 11.3 Å². The molecule has 1 fully saturated rings. The fourth-order valence-electron chi connectivity index (χ4n) is 3.96. The number of amides is 1. The Labute approximate surface area is 172 Å². The fourth-order valence-corrected chi connectivity index (χ4v) is 5.12. The Balaban J connectivity index is 1.62. The molecule has 140 valence electrons. The van der Waals surface area contributed by atoms with E-state index in [0.717, 1.165) is 58.1 Å². The first-order valence-electron chi connectivity index (χ1n) is 9.18. The number of likely N-dealkylation sites (tertiary alicyclic amines) is 1. The zero-order chi connectivity index (χ0) is 19.0. The quantitative estimate of drug-likeness (QED) is 0.548. The van der Waals surface area contributed by atoms with Crippen molar-refractivity contribution in [2.75, 3.05) is 13.1 Å². The average molecular weight is 444 g/mol. The topological polar surface area (TPSA) is 38.1 Å². The van der Waals surface area contributed by atoms with Crippen molar-refractivity contribution < 1.29 is 4.79 Å². The Morgan fingerprint density at radius 2 is 2.15 bits per heavy atom. The number of hydrogen-bond donors (Lipinski definition) is 0. The van der Waals surface area contributed by atoms with Crippen molar-refractivity contribution in [2.45, 2.75) is 32.6 Å². The van der Waals surface area contributed by atoms with E-state index >= 15 is 0 Å². The van der Waals surface area contributed by atoms with Gasteiger partial charge < -0.3 is 9.47 Å². The third-order valence-electron chi connectivity index (χ3n) is 5.24. The molecular formula is C21H22BrN3OS. The van der Waals surface area contributed by atoms with Crippen molar-refractivity contribution >= 4 is 33.2 Å². The first kappa shape index (κ1) is 18.4. The van der Waals surface area contributed by atoms with Crippen molar-refractivity contribution in [3.8, 4) is 5.69 Å². The normalized spacial score (nSPS) is 17.3. The van der Waals surface area contributed by atoms with Crippen LogP contribution < -0.4 is 0 Å². The average Bonchev–Trinajstić information content (AvgIpc) is 3.29. The number of carbonyl (C=O) groups is 1. The van der Waals surface area contributed by atoms with Crippen LogP contribution in [0.3, 0.4) is 0 Å². The molecule has 1 amide bonds. The van der Waals surface area contributed by atoms with Gasteiger partial charge in [-0.25, -0.2) is 4.98 Å². The second-order valence-electron chi connectivity index (χ2n) is 7.06. The van der Waals surface area contributed by atoms with Gasteiger partial charge in [0.15, 0.2) is 0 Å². The molecular weight excluding hydrogens is 422 g/mol. The molecule has 2 aromatic heterocycles. The van der Waals surface area contributed by atoms with Crippen molar-refractivity contribution in [1.29, 1.82) is 0 Å². The molecule has 0 bridgehead atoms. The van der Waals surface area contributed by atoms with Gasteiger partial charge in [0.25, 0.3) is 5.91 Å². The number of piperidine rings is 1. The molecule has 1 aliphatic heterocycles. The molecule has 1 unspecified atom stereocenters. The van der Waals surface area contributed by atoms with Crippen molar-refractivity contribution in [3.63, 3.8) is 0 Å². The Morgan fingerprint density at radius 3 is 2.89 bits per heavy atom. The highest BCUT2D eigenvalue weighted by atomic mass is 79.9. The second kappa shape index (κ2) is 7.60. The highest BCUT2D eigenvalue weighted by Crippen LogP contribution is 2.30. The Bertz CT molecular complexity index is 964. The lowest BCUT2D eigenvalue weighted by atomic mass is 9.98. The fraction of sp³-hybridized carbons (Fsp3) is 0.333. The van der Waals surface area contributed by atoms with E-state index in [9.17, 15) is 4.79 Å². The number of carbonyl (C=O) groups excluding carboxylic acids is 1. The van der Waals surface area contributed by atoms with Crippen molar-refractivity contribution in [2.24, 2.45) is 0 Å². The standard InChI is InChI=1S/C21H22BrN3OS/c1-14-11-19(15(2)25(14)18-7-3-6-17(22)12-18)21(26)24-9-4-5-16(13-24)20-23-8-10-27-20/h3,6-8,10-12,16H,4-5,9,13H2,1-2H3. The summed E-state index contributed by atoms with van der Waals surface area (Å²) in [6.45, 7) is 5.66. The highest BCUT2D eigenvalue weighted by Gasteiger charge is 2.28. The first-order valence-corrected chi connectivity index (χ1v) is 10.9. The van der Waals surface area contributed by atoms with E-state index in [-0.39, 0.29) is 5.91 Å². The number of benzene rings is 1. The maximum absolute atomic E-state index is 13.3. The molecule has 0 spiro atoms. The van der Waals surface area contributed by atoms with Gasteiger partial charge in [-0.1, -0.05) is 22.0 Å². The lowest BCUT2D eigenvalue weighted by Gasteiger charge is -2.32. The summed E-state index contributed by atoms with van der Waals surface area (Å²) in [6, 6.07) is 10.2. The first-order chi connectivity index (χ1) is 13.0. The van der Waals surface area contributed by atoms with Gasteiger partial charge in [0.05, 0.1) is 10.6 Å². The van der Waals surface area contributed by atoms with E-state index in [1.165, 1.54) is 0 Å². The Morgan fingerprint density at radius 1 is 1.30 bits per heavy atom. The van der Waals surface area contributed by atoms with E-state index in [0.29, 0.717) is 5.92 Å². The molecule has 3 aromatic rings. The summed E-state index contributed by atoms with van der Waals surface area (Å²) in [7, 11) is 0. The van der Waals surface area contributed by atoms with Crippen LogP contribution in [0.15, 0.2) is 46.4 Å². The number of halogens is 1. The van der Waals surface area contributed by atoms with Crippen LogP contribution in [0.5, 0.6) is 0 Å². The van der Waals surface area contributed by atoms with E-state index in [1.54, 1.807) is 11.3 Å². The number of nitrogens with zero attached hydrogens (tertiary/aromatic N) is 3. The summed E-state index contributed by atoms with van der Waals surface area (Å²) in [5.41, 5.74) is 3.93. The van der Waals surface area contributed by atoms with Crippen LogP contribution in [0.4, 0.5) is 0 Å². The van der Waals surface area contributed by atoms with Gasteiger partial charge in [0, 0.05) is 52.1 Å². The zero-order valence-electron chi connectivity index (χ0n) is 15.5. The summed E-state index contributed by atoms with van der Waals surface area (Å²) in [5, 5.41) is 3.16. The van der Waals surface area contributed by atoms with Gasteiger partial charge in [-0.05, 0) is 51.0 Å². The van der Waals surface area contributed by atoms with Gasteiger partial charge in [-0.2, -0.15) is 0 Å². The molecule has 27 heavy (non-hydrogen) atoms. The molecule has 0 radical (unpaired) electrons. The predicted molar refractivity (Wildman–Crippen MR) is 113 cm³/mol. The lowest BCUT2D eigenvalue weighted by Crippen LogP contribution is -2.39. The summed E-state index contributed by atoms with van der Waals surface area (Å²) < 4.78 is 3.18. The van der Waals surface area contributed by atoms with Crippen LogP contribution in [0.25, 0.3) is 5.69 Å². The molecule has 1 aromatic carbocycles. The predicted octanol–water partition coefficient (Wildman–Crippen LogP) is 5.33. The van der Waals surface area contributed by atoms with Crippen LogP contribution >= 0.6 is 27.3 Å². The molecule has 1 aliphatic rings. The Kier molecular flexibility index (Phi) is 5.19. The van der Waals surface area contributed by atoms with Crippen molar-refractivity contribution in [3.05, 3.63) is 68.3 Å². The van der Waals surface area contributed by atoms with Gasteiger partial charge >= 0.3 is 0 Å². The van der Waals surface area contributed by atoms with E-state index in [4.69, 9.17) is 0 Å². The number of rotatable bonds is 3. The zero-order valence-corrected chi connectivity index (χ0v) is 17.9. The number of aryl methyl sites for hydroxylation is 1. The largest absolute Gasteiger partial charge is 0.338 e. The molecule has 3 heterocycles. The molecule has 1 saturated heterocycles. The van der Waals surface area contributed by atoms with Gasteiger partial charge in [0.1, 0.15) is 0 Å². The monoisotopic (exact) mass is 443 g/mol. The van der Waals surface area contributed by atoms with Gasteiger partial charge in [-0.3, -0.25) is 4.79 Å². The van der Waals surface area contributed by atoms with Gasteiger partial charge in [0.2, 0.25) is 0 Å². The molecule has 4 rings (SSSR count). The number of thiazole rings is 1. The maximum atomic E-state index is 13.3. The Hall–Kier alpha value is -1.92. The molecule has 0 N–H and O–H groups in total. The summed E-state index contributed by atoms with van der Waals surface area (Å²) >= 11 is 5.23. The lowest BCUT2D eigenvalue weighted by molar-refractivity contribution is 0.0706. The summed E-state index contributed by atoms with van der Waals surface area (Å²) in [5.74, 6) is 0.488. The minimum absolute atomic E-state index is 0.130. The van der Waals surface area contributed by atoms with E-state index in [2.05, 4.69) is 44.5 Å². The summed E-state index contributed by atoms with van der Waals surface area (Å²) in [4.78, 5) is 19.8. The number of hydrogen-bond acceptors (Lipinski definition) is 3. The van der Waals surface area contributed by atoms with Crippen molar-refractivity contribution in [1.82, 2.24) is 14.5 Å². The molecule has 0 saturated carbocycles. The second-order valence-corrected chi connectivity index (χ2v) is 8.90. The smallest absolute Gasteiger partial charge is 0.255 e. The number of aromatic nitrogens is 2. The van der Waals surface area contributed by atoms with Crippen LogP contribution in [-0.2, 0) is 0 Å². The third-order valence-corrected chi connectivity index (χ3v) is 6.67. The minimum Gasteiger partial charge on any atom is -0.338 e. The van der Waals surface area contributed by atoms with Crippen LogP contribution in [0.2, 0.25) is 0 Å². The van der Waals surface area contributed by atoms with E-state index < -0.39 is 0 Å². The molecule has 1 atom stereocenters. The summed E-state index contributed by atoms with van der Waals surface area (Å²) in [6.07, 6.45) is 3.99. The third kappa shape index (κ3) is 3.60. The molecule has 0 aliphatic carbocycles. The van der Waals surface area contributed by atoms with Crippen LogP contribution in [0.1, 0.15) is 45.5 Å². The van der Waals surface area contributed by atoms with E-state index in [1.807, 2.05) is 41.6 Å². The maximum Gasteiger partial charge on any atom is 0.255 e. The SMILES string of the molecule is Cc1cc(C(=O)N2CCCC(c3nccs3)C2)c(C)n1-c1cccc(Br)c1. The van der Waals surface area contributed by atoms with Crippen LogP contribution in [-0.4, -0.2) is 33.4 Å². The molecule has 6 heteroatoms. The molecule has 4 nitrogen and oxygen atoms in total. The minimum atomic E-state index is 0.130.